The minimum absolute atomic E-state index is 0.0530. The molecule has 1 unspecified atom stereocenters. The molecule has 5 nitrogen and oxygen atoms in total. The highest BCUT2D eigenvalue weighted by Crippen LogP contribution is 2.05. The Morgan fingerprint density at radius 3 is 2.79 bits per heavy atom. The summed E-state index contributed by atoms with van der Waals surface area (Å²) < 4.78 is 1.99. The fourth-order valence-electron chi connectivity index (χ4n) is 2.07. The number of carbonyl (C=O) groups excluding carboxylic acids is 1. The topological polar surface area (TPSA) is 72.9 Å². The molecule has 0 bridgehead atoms. The summed E-state index contributed by atoms with van der Waals surface area (Å²) in [5.74, 6) is 0.180. The van der Waals surface area contributed by atoms with Crippen molar-refractivity contribution in [1.82, 2.24) is 15.1 Å². The van der Waals surface area contributed by atoms with Gasteiger partial charge >= 0.3 is 0 Å². The molecule has 0 saturated carbocycles. The van der Waals surface area contributed by atoms with Crippen LogP contribution < -0.4 is 11.1 Å². The molecule has 0 radical (unpaired) electrons. The molecule has 1 rings (SSSR count). The number of aryl methyl sites for hydroxylation is 3. The van der Waals surface area contributed by atoms with E-state index in [0.717, 1.165) is 31.5 Å². The van der Waals surface area contributed by atoms with Crippen LogP contribution in [0.2, 0.25) is 0 Å². The number of hydrogen-bond acceptors (Lipinski definition) is 3. The number of aromatic nitrogens is 2. The lowest BCUT2D eigenvalue weighted by molar-refractivity contribution is -0.124. The first-order valence-electron chi connectivity index (χ1n) is 7.03. The van der Waals surface area contributed by atoms with E-state index >= 15 is 0 Å². The maximum Gasteiger partial charge on any atom is 0.222 e. The maximum absolute atomic E-state index is 11.8. The van der Waals surface area contributed by atoms with Crippen LogP contribution in [0.25, 0.3) is 0 Å². The second kappa shape index (κ2) is 7.94. The van der Waals surface area contributed by atoms with Crippen LogP contribution >= 0.6 is 0 Å². The first-order chi connectivity index (χ1) is 9.04. The van der Waals surface area contributed by atoms with Crippen LogP contribution in [0.4, 0.5) is 0 Å². The largest absolute Gasteiger partial charge is 0.356 e. The molecule has 19 heavy (non-hydrogen) atoms. The van der Waals surface area contributed by atoms with E-state index in [2.05, 4.69) is 16.5 Å². The predicted octanol–water partition coefficient (Wildman–Crippen LogP) is 1.38. The van der Waals surface area contributed by atoms with E-state index in [1.165, 1.54) is 5.69 Å². The van der Waals surface area contributed by atoms with Crippen LogP contribution in [0.1, 0.15) is 37.6 Å². The minimum atomic E-state index is 0.0530. The van der Waals surface area contributed by atoms with Gasteiger partial charge in [0.15, 0.2) is 0 Å². The van der Waals surface area contributed by atoms with Gasteiger partial charge < -0.3 is 11.1 Å². The zero-order chi connectivity index (χ0) is 14.3. The van der Waals surface area contributed by atoms with E-state index in [-0.39, 0.29) is 11.8 Å². The minimum Gasteiger partial charge on any atom is -0.356 e. The van der Waals surface area contributed by atoms with Crippen molar-refractivity contribution < 1.29 is 4.79 Å². The van der Waals surface area contributed by atoms with Gasteiger partial charge in [0.1, 0.15) is 0 Å². The highest BCUT2D eigenvalue weighted by Gasteiger charge is 2.11. The van der Waals surface area contributed by atoms with Crippen LogP contribution in [-0.2, 0) is 11.3 Å². The van der Waals surface area contributed by atoms with E-state index in [0.29, 0.717) is 13.1 Å². The van der Waals surface area contributed by atoms with Crippen molar-refractivity contribution in [3.05, 3.63) is 17.5 Å². The van der Waals surface area contributed by atoms with Crippen molar-refractivity contribution in [2.45, 2.75) is 46.6 Å². The summed E-state index contributed by atoms with van der Waals surface area (Å²) in [5.41, 5.74) is 7.64. The molecule has 0 aliphatic carbocycles. The lowest BCUT2D eigenvalue weighted by Gasteiger charge is -2.11. The van der Waals surface area contributed by atoms with E-state index in [1.807, 2.05) is 25.5 Å². The van der Waals surface area contributed by atoms with Crippen molar-refractivity contribution in [1.29, 1.82) is 0 Å². The molecule has 1 amide bonds. The number of rotatable bonds is 8. The van der Waals surface area contributed by atoms with E-state index in [9.17, 15) is 4.79 Å². The Morgan fingerprint density at radius 2 is 2.21 bits per heavy atom. The third kappa shape index (κ3) is 5.42. The van der Waals surface area contributed by atoms with Gasteiger partial charge in [-0.25, -0.2) is 0 Å². The van der Waals surface area contributed by atoms with E-state index in [4.69, 9.17) is 5.73 Å². The molecule has 0 aliphatic heterocycles. The summed E-state index contributed by atoms with van der Waals surface area (Å²) in [7, 11) is 0. The molecule has 0 aromatic carbocycles. The van der Waals surface area contributed by atoms with Crippen molar-refractivity contribution in [2.75, 3.05) is 13.1 Å². The molecule has 5 heteroatoms. The Morgan fingerprint density at radius 1 is 1.47 bits per heavy atom. The summed E-state index contributed by atoms with van der Waals surface area (Å²) in [4.78, 5) is 11.8. The Kier molecular flexibility index (Phi) is 6.56. The van der Waals surface area contributed by atoms with Crippen molar-refractivity contribution in [3.63, 3.8) is 0 Å². The molecule has 0 spiro atoms. The second-order valence-corrected chi connectivity index (χ2v) is 5.13. The fraction of sp³-hybridized carbons (Fsp3) is 0.714. The van der Waals surface area contributed by atoms with Crippen LogP contribution in [0.5, 0.6) is 0 Å². The smallest absolute Gasteiger partial charge is 0.222 e. The second-order valence-electron chi connectivity index (χ2n) is 5.13. The quantitative estimate of drug-likeness (QED) is 0.698. The lowest BCUT2D eigenvalue weighted by Crippen LogP contribution is -2.30. The summed E-state index contributed by atoms with van der Waals surface area (Å²) in [5, 5.41) is 7.36. The molecule has 0 aliphatic rings. The average molecular weight is 266 g/mol. The number of nitrogens with two attached hydrogens (primary N) is 1. The maximum atomic E-state index is 11.8. The molecule has 1 heterocycles. The van der Waals surface area contributed by atoms with Gasteiger partial charge in [0.25, 0.3) is 0 Å². The normalized spacial score (nSPS) is 12.4. The third-order valence-electron chi connectivity index (χ3n) is 3.24. The standard InChI is InChI=1S/C14H26N4O/c1-11(6-4-7-15)14(19)16-8-5-9-18-13(3)10-12(2)17-18/h10-11H,4-9,15H2,1-3H3,(H,16,19). The van der Waals surface area contributed by atoms with E-state index in [1.54, 1.807) is 0 Å². The Bertz CT molecular complexity index is 400. The Balaban J connectivity index is 2.20. The zero-order valence-corrected chi connectivity index (χ0v) is 12.3. The number of nitrogens with zero attached hydrogens (tertiary/aromatic N) is 2. The number of carbonyl (C=O) groups is 1. The van der Waals surface area contributed by atoms with Crippen LogP contribution in [0.15, 0.2) is 6.07 Å². The summed E-state index contributed by atoms with van der Waals surface area (Å²) in [6.45, 7) is 8.18. The molecule has 1 aromatic rings. The molecular weight excluding hydrogens is 240 g/mol. The van der Waals surface area contributed by atoms with E-state index < -0.39 is 0 Å². The van der Waals surface area contributed by atoms with Gasteiger partial charge in [-0.15, -0.1) is 0 Å². The fourth-order valence-corrected chi connectivity index (χ4v) is 2.07. The summed E-state index contributed by atoms with van der Waals surface area (Å²) in [6, 6.07) is 2.06. The van der Waals surface area contributed by atoms with Gasteiger partial charge in [0, 0.05) is 24.7 Å². The predicted molar refractivity (Wildman–Crippen MR) is 76.8 cm³/mol. The monoisotopic (exact) mass is 266 g/mol. The van der Waals surface area contributed by atoms with Crippen LogP contribution in [0, 0.1) is 19.8 Å². The molecule has 1 aromatic heterocycles. The lowest BCUT2D eigenvalue weighted by atomic mass is 10.1. The Labute approximate surface area is 115 Å². The molecule has 0 saturated heterocycles. The first kappa shape index (κ1) is 15.7. The first-order valence-corrected chi connectivity index (χ1v) is 7.03. The van der Waals surface area contributed by atoms with Crippen LogP contribution in [0.3, 0.4) is 0 Å². The molecule has 3 N–H and O–H groups in total. The highest BCUT2D eigenvalue weighted by atomic mass is 16.1. The van der Waals surface area contributed by atoms with Gasteiger partial charge in [-0.1, -0.05) is 6.92 Å². The van der Waals surface area contributed by atoms with Gasteiger partial charge in [0.2, 0.25) is 5.91 Å². The van der Waals surface area contributed by atoms with Crippen molar-refractivity contribution in [2.24, 2.45) is 11.7 Å². The van der Waals surface area contributed by atoms with Gasteiger partial charge in [-0.3, -0.25) is 9.48 Å². The highest BCUT2D eigenvalue weighted by molar-refractivity contribution is 5.78. The van der Waals surface area contributed by atoms with Gasteiger partial charge in [-0.05, 0) is 45.7 Å². The SMILES string of the molecule is Cc1cc(C)n(CCCNC(=O)C(C)CCCN)n1. The summed E-state index contributed by atoms with van der Waals surface area (Å²) in [6.07, 6.45) is 2.66. The van der Waals surface area contributed by atoms with Gasteiger partial charge in [0.05, 0.1) is 5.69 Å². The van der Waals surface area contributed by atoms with Crippen molar-refractivity contribution >= 4 is 5.91 Å². The van der Waals surface area contributed by atoms with Gasteiger partial charge in [-0.2, -0.15) is 5.10 Å². The molecule has 1 atom stereocenters. The number of hydrogen-bond donors (Lipinski definition) is 2. The Hall–Kier alpha value is -1.36. The molecule has 108 valence electrons. The average Bonchev–Trinajstić information content (AvgIpc) is 2.69. The van der Waals surface area contributed by atoms with Crippen molar-refractivity contribution in [3.8, 4) is 0 Å². The zero-order valence-electron chi connectivity index (χ0n) is 12.3. The number of nitrogens with one attached hydrogen (secondary N) is 1. The third-order valence-corrected chi connectivity index (χ3v) is 3.24. The molecular formula is C14H26N4O. The molecule has 0 fully saturated rings. The summed E-state index contributed by atoms with van der Waals surface area (Å²) >= 11 is 0. The van der Waals surface area contributed by atoms with Crippen LogP contribution in [-0.4, -0.2) is 28.8 Å². The number of amides is 1.